The lowest BCUT2D eigenvalue weighted by atomic mass is 10.0. The number of aryl methyl sites for hydroxylation is 1. The van der Waals surface area contributed by atoms with Crippen molar-refractivity contribution in [3.05, 3.63) is 64.7 Å². The molecule has 1 aromatic carbocycles. The molecule has 0 atom stereocenters. The monoisotopic (exact) mass is 442 g/mol. The van der Waals surface area contributed by atoms with Crippen molar-refractivity contribution in [2.45, 2.75) is 18.1 Å². The number of nitrogen functional groups attached to an aromatic ring is 1. The third-order valence-electron chi connectivity index (χ3n) is 3.92. The largest absolute Gasteiger partial charge is 0.418 e. The van der Waals surface area contributed by atoms with E-state index in [4.69, 9.17) is 17.3 Å². The number of sulfonamides is 1. The minimum atomic E-state index is -4.83. The molecular weight excluding hydrogens is 429 g/mol. The van der Waals surface area contributed by atoms with Crippen molar-refractivity contribution in [1.82, 2.24) is 9.97 Å². The summed E-state index contributed by atoms with van der Waals surface area (Å²) < 4.78 is 67.6. The minimum Gasteiger partial charge on any atom is -0.384 e. The van der Waals surface area contributed by atoms with Crippen LogP contribution in [0, 0.1) is 6.92 Å². The smallest absolute Gasteiger partial charge is 0.384 e. The van der Waals surface area contributed by atoms with Crippen LogP contribution in [0.2, 0.25) is 5.02 Å². The van der Waals surface area contributed by atoms with Gasteiger partial charge in [-0.3, -0.25) is 4.72 Å². The molecule has 152 valence electrons. The third-order valence-corrected chi connectivity index (χ3v) is 5.56. The number of anilines is 2. The predicted molar refractivity (Wildman–Crippen MR) is 104 cm³/mol. The first-order valence-electron chi connectivity index (χ1n) is 8.08. The van der Waals surface area contributed by atoms with Gasteiger partial charge in [-0.2, -0.15) is 21.6 Å². The number of benzene rings is 1. The van der Waals surface area contributed by atoms with Gasteiger partial charge in [0, 0.05) is 5.56 Å². The lowest BCUT2D eigenvalue weighted by molar-refractivity contribution is -0.137. The Morgan fingerprint density at radius 2 is 1.76 bits per heavy atom. The van der Waals surface area contributed by atoms with E-state index in [0.717, 1.165) is 6.07 Å². The predicted octanol–water partition coefficient (Wildman–Crippen LogP) is 4.51. The lowest BCUT2D eigenvalue weighted by Crippen LogP contribution is -2.17. The fourth-order valence-electron chi connectivity index (χ4n) is 2.58. The molecule has 3 N–H and O–H groups in total. The second kappa shape index (κ2) is 7.53. The summed E-state index contributed by atoms with van der Waals surface area (Å²) in [5, 5.41) is -1.09. The maximum Gasteiger partial charge on any atom is 0.418 e. The minimum absolute atomic E-state index is 0.0616. The van der Waals surface area contributed by atoms with Crippen LogP contribution in [0.3, 0.4) is 0 Å². The van der Waals surface area contributed by atoms with Crippen LogP contribution in [0.25, 0.3) is 11.3 Å². The Bertz CT molecular complexity index is 1180. The Hall–Kier alpha value is -2.85. The van der Waals surface area contributed by atoms with Crippen LogP contribution in [0.15, 0.2) is 53.6 Å². The van der Waals surface area contributed by atoms with E-state index in [1.54, 1.807) is 31.2 Å². The molecule has 0 aliphatic carbocycles. The van der Waals surface area contributed by atoms with Gasteiger partial charge in [0.2, 0.25) is 0 Å². The molecule has 2 aromatic heterocycles. The number of hydrogen-bond donors (Lipinski definition) is 2. The van der Waals surface area contributed by atoms with Crippen LogP contribution >= 0.6 is 11.6 Å². The van der Waals surface area contributed by atoms with Crippen molar-refractivity contribution < 1.29 is 21.6 Å². The van der Waals surface area contributed by atoms with Crippen LogP contribution in [-0.2, 0) is 16.2 Å². The number of pyridine rings is 2. The number of halogens is 4. The van der Waals surface area contributed by atoms with Gasteiger partial charge in [-0.1, -0.05) is 41.9 Å². The highest BCUT2D eigenvalue weighted by Gasteiger charge is 2.36. The SMILES string of the molecule is Cc1ccccc1-c1nc(NS(=O)(=O)c2cccc(N)n2)cc(C(F)(F)F)c1Cl. The molecule has 0 spiro atoms. The fourth-order valence-corrected chi connectivity index (χ4v) is 3.85. The summed E-state index contributed by atoms with van der Waals surface area (Å²) in [6, 6.07) is 10.9. The molecule has 0 unspecified atom stereocenters. The van der Waals surface area contributed by atoms with E-state index in [1.165, 1.54) is 12.1 Å². The highest BCUT2D eigenvalue weighted by atomic mass is 35.5. The van der Waals surface area contributed by atoms with Gasteiger partial charge in [0.05, 0.1) is 16.3 Å². The van der Waals surface area contributed by atoms with Crippen LogP contribution in [0.4, 0.5) is 24.8 Å². The van der Waals surface area contributed by atoms with Crippen LogP contribution in [0.1, 0.15) is 11.1 Å². The fraction of sp³-hybridized carbons (Fsp3) is 0.111. The normalized spacial score (nSPS) is 12.0. The Kier molecular flexibility index (Phi) is 5.42. The van der Waals surface area contributed by atoms with Gasteiger partial charge in [0.15, 0.2) is 5.03 Å². The maximum atomic E-state index is 13.5. The van der Waals surface area contributed by atoms with Crippen molar-refractivity contribution in [2.24, 2.45) is 0 Å². The summed E-state index contributed by atoms with van der Waals surface area (Å²) >= 11 is 5.99. The van der Waals surface area contributed by atoms with Gasteiger partial charge in [0.25, 0.3) is 10.0 Å². The van der Waals surface area contributed by atoms with E-state index in [2.05, 4.69) is 9.97 Å². The molecule has 0 radical (unpaired) electrons. The molecule has 3 aromatic rings. The van der Waals surface area contributed by atoms with Gasteiger partial charge in [0.1, 0.15) is 11.6 Å². The van der Waals surface area contributed by atoms with Crippen molar-refractivity contribution >= 4 is 33.3 Å². The van der Waals surface area contributed by atoms with Gasteiger partial charge in [-0.25, -0.2) is 9.97 Å². The summed E-state index contributed by atoms with van der Waals surface area (Å²) in [5.41, 5.74) is 5.02. The number of nitrogens with zero attached hydrogens (tertiary/aromatic N) is 2. The Labute approximate surface area is 169 Å². The average molecular weight is 443 g/mol. The molecule has 0 fully saturated rings. The first kappa shape index (κ1) is 20.9. The molecule has 0 amide bonds. The molecule has 0 saturated heterocycles. The second-order valence-corrected chi connectivity index (χ2v) is 8.04. The third kappa shape index (κ3) is 4.43. The summed E-state index contributed by atoms with van der Waals surface area (Å²) in [6.07, 6.45) is -4.83. The molecule has 6 nitrogen and oxygen atoms in total. The van der Waals surface area contributed by atoms with E-state index in [9.17, 15) is 21.6 Å². The number of nitrogens with one attached hydrogen (secondary N) is 1. The van der Waals surface area contributed by atoms with E-state index < -0.39 is 37.6 Å². The van der Waals surface area contributed by atoms with Gasteiger partial charge in [-0.15, -0.1) is 0 Å². The molecule has 11 heteroatoms. The Balaban J connectivity index is 2.17. The second-order valence-electron chi connectivity index (χ2n) is 6.04. The molecule has 29 heavy (non-hydrogen) atoms. The van der Waals surface area contributed by atoms with E-state index in [1.807, 2.05) is 4.72 Å². The van der Waals surface area contributed by atoms with Crippen molar-refractivity contribution in [3.63, 3.8) is 0 Å². The van der Waals surface area contributed by atoms with Crippen molar-refractivity contribution in [3.8, 4) is 11.3 Å². The number of aromatic nitrogens is 2. The first-order chi connectivity index (χ1) is 13.5. The van der Waals surface area contributed by atoms with Gasteiger partial charge in [-0.05, 0) is 30.7 Å². The zero-order valence-electron chi connectivity index (χ0n) is 14.8. The number of rotatable bonds is 4. The molecular formula is C18H14ClF3N4O2S. The van der Waals surface area contributed by atoms with E-state index in [0.29, 0.717) is 17.2 Å². The van der Waals surface area contributed by atoms with Gasteiger partial charge >= 0.3 is 6.18 Å². The topological polar surface area (TPSA) is 98.0 Å². The highest BCUT2D eigenvalue weighted by Crippen LogP contribution is 2.41. The van der Waals surface area contributed by atoms with Crippen LogP contribution < -0.4 is 10.5 Å². The van der Waals surface area contributed by atoms with Crippen molar-refractivity contribution in [2.75, 3.05) is 10.5 Å². The standard InChI is InChI=1S/C18H14ClF3N4O2S/c1-10-5-2-3-6-11(10)17-16(19)12(18(20,21)22)9-14(25-17)26-29(27,28)15-8-4-7-13(23)24-15/h2-9H,1H3,(H2,23,24)(H,25,26). The molecule has 0 aliphatic heterocycles. The molecule has 3 rings (SSSR count). The average Bonchev–Trinajstić information content (AvgIpc) is 2.62. The zero-order valence-corrected chi connectivity index (χ0v) is 16.4. The number of alkyl halides is 3. The summed E-state index contributed by atoms with van der Waals surface area (Å²) in [7, 11) is -4.33. The molecule has 2 heterocycles. The number of hydrogen-bond acceptors (Lipinski definition) is 5. The van der Waals surface area contributed by atoms with E-state index >= 15 is 0 Å². The Morgan fingerprint density at radius 1 is 1.07 bits per heavy atom. The summed E-state index contributed by atoms with van der Waals surface area (Å²) in [4.78, 5) is 7.71. The Morgan fingerprint density at radius 3 is 2.38 bits per heavy atom. The van der Waals surface area contributed by atoms with Crippen LogP contribution in [0.5, 0.6) is 0 Å². The summed E-state index contributed by atoms with van der Waals surface area (Å²) in [6.45, 7) is 1.67. The van der Waals surface area contributed by atoms with E-state index in [-0.39, 0.29) is 11.5 Å². The number of nitrogens with two attached hydrogens (primary N) is 1. The first-order valence-corrected chi connectivity index (χ1v) is 9.94. The van der Waals surface area contributed by atoms with Gasteiger partial charge < -0.3 is 5.73 Å². The lowest BCUT2D eigenvalue weighted by Gasteiger charge is -2.16. The summed E-state index contributed by atoms with van der Waals surface area (Å²) in [5.74, 6) is -0.613. The highest BCUT2D eigenvalue weighted by molar-refractivity contribution is 7.92. The zero-order chi connectivity index (χ0) is 21.4. The maximum absolute atomic E-state index is 13.5. The molecule has 0 bridgehead atoms. The molecule has 0 saturated carbocycles. The van der Waals surface area contributed by atoms with Crippen LogP contribution in [-0.4, -0.2) is 18.4 Å². The molecule has 0 aliphatic rings. The van der Waals surface area contributed by atoms with Crippen molar-refractivity contribution in [1.29, 1.82) is 0 Å². The quantitative estimate of drug-likeness (QED) is 0.619.